The van der Waals surface area contributed by atoms with Crippen molar-refractivity contribution in [3.63, 3.8) is 0 Å². The molecule has 1 atom stereocenters. The van der Waals surface area contributed by atoms with E-state index in [2.05, 4.69) is 15.2 Å². The van der Waals surface area contributed by atoms with Crippen LogP contribution in [0, 0.1) is 18.7 Å². The van der Waals surface area contributed by atoms with Gasteiger partial charge >= 0.3 is 0 Å². The minimum absolute atomic E-state index is 0.0566. The molecule has 5 nitrogen and oxygen atoms in total. The molecule has 1 aromatic heterocycles. The molecule has 1 saturated heterocycles. The van der Waals surface area contributed by atoms with E-state index in [0.29, 0.717) is 18.1 Å². The number of halogens is 1. The molecule has 3 aromatic rings. The molecule has 2 aromatic carbocycles. The van der Waals surface area contributed by atoms with Crippen molar-refractivity contribution in [2.45, 2.75) is 26.3 Å². The van der Waals surface area contributed by atoms with Crippen LogP contribution in [-0.4, -0.2) is 29.0 Å². The van der Waals surface area contributed by atoms with Gasteiger partial charge in [0.1, 0.15) is 5.82 Å². The van der Waals surface area contributed by atoms with Crippen molar-refractivity contribution in [1.29, 1.82) is 0 Å². The third-order valence-corrected chi connectivity index (χ3v) is 5.40. The van der Waals surface area contributed by atoms with Gasteiger partial charge in [0.2, 0.25) is 11.9 Å². The Kier molecular flexibility index (Phi) is 6.02. The van der Waals surface area contributed by atoms with Crippen LogP contribution in [0.25, 0.3) is 11.3 Å². The van der Waals surface area contributed by atoms with Gasteiger partial charge in [0.05, 0.1) is 11.6 Å². The Morgan fingerprint density at radius 2 is 1.90 bits per heavy atom. The van der Waals surface area contributed by atoms with E-state index in [9.17, 15) is 9.18 Å². The molecule has 1 aliphatic heterocycles. The van der Waals surface area contributed by atoms with Crippen LogP contribution in [0.15, 0.2) is 60.7 Å². The molecular weight excluding hydrogens is 379 g/mol. The summed E-state index contributed by atoms with van der Waals surface area (Å²) in [6.45, 7) is 3.52. The average molecular weight is 404 g/mol. The fraction of sp³-hybridized carbons (Fsp3) is 0.292. The Morgan fingerprint density at radius 3 is 2.70 bits per heavy atom. The highest BCUT2D eigenvalue weighted by Gasteiger charge is 2.27. The number of carbonyl (C=O) groups is 1. The molecule has 0 aliphatic carbocycles. The fourth-order valence-corrected chi connectivity index (χ4v) is 3.79. The second-order valence-corrected chi connectivity index (χ2v) is 7.65. The van der Waals surface area contributed by atoms with Gasteiger partial charge in [-0.15, -0.1) is 0 Å². The molecule has 0 spiro atoms. The van der Waals surface area contributed by atoms with Gasteiger partial charge < -0.3 is 10.2 Å². The molecular formula is C24H25FN4O. The Labute approximate surface area is 176 Å². The maximum Gasteiger partial charge on any atom is 0.226 e. The van der Waals surface area contributed by atoms with Gasteiger partial charge in [-0.05, 0) is 31.9 Å². The maximum absolute atomic E-state index is 13.8. The largest absolute Gasteiger partial charge is 0.352 e. The van der Waals surface area contributed by atoms with Crippen LogP contribution >= 0.6 is 0 Å². The van der Waals surface area contributed by atoms with Gasteiger partial charge in [-0.1, -0.05) is 48.5 Å². The maximum atomic E-state index is 13.8. The van der Waals surface area contributed by atoms with Gasteiger partial charge in [-0.2, -0.15) is 0 Å². The molecule has 0 radical (unpaired) electrons. The predicted molar refractivity (Wildman–Crippen MR) is 115 cm³/mol. The summed E-state index contributed by atoms with van der Waals surface area (Å²) < 4.78 is 13.8. The van der Waals surface area contributed by atoms with Crippen LogP contribution in [0.5, 0.6) is 0 Å². The average Bonchev–Trinajstić information content (AvgIpc) is 2.78. The quantitative estimate of drug-likeness (QED) is 0.695. The minimum atomic E-state index is -0.301. The Bertz CT molecular complexity index is 1020. The third-order valence-electron chi connectivity index (χ3n) is 5.40. The van der Waals surface area contributed by atoms with E-state index in [1.807, 2.05) is 43.3 Å². The van der Waals surface area contributed by atoms with E-state index in [1.165, 1.54) is 6.07 Å². The normalized spacial score (nSPS) is 16.3. The number of amides is 1. The highest BCUT2D eigenvalue weighted by Crippen LogP contribution is 2.24. The summed E-state index contributed by atoms with van der Waals surface area (Å²) in [5.41, 5.74) is 3.31. The summed E-state index contributed by atoms with van der Waals surface area (Å²) in [5.74, 6) is 0.124. The molecule has 1 aliphatic rings. The van der Waals surface area contributed by atoms with Crippen molar-refractivity contribution >= 4 is 11.9 Å². The van der Waals surface area contributed by atoms with Crippen LogP contribution in [-0.2, 0) is 11.3 Å². The first-order valence-electron chi connectivity index (χ1n) is 10.3. The first-order valence-corrected chi connectivity index (χ1v) is 10.3. The van der Waals surface area contributed by atoms with Gasteiger partial charge in [-0.3, -0.25) is 4.79 Å². The van der Waals surface area contributed by atoms with E-state index in [0.717, 1.165) is 36.3 Å². The lowest BCUT2D eigenvalue weighted by molar-refractivity contribution is -0.125. The fourth-order valence-electron chi connectivity index (χ4n) is 3.79. The molecule has 6 heteroatoms. The number of nitrogens with one attached hydrogen (secondary N) is 1. The zero-order valence-corrected chi connectivity index (χ0v) is 17.0. The van der Waals surface area contributed by atoms with Crippen LogP contribution in [0.3, 0.4) is 0 Å². The number of nitrogens with zero attached hydrogens (tertiary/aromatic N) is 3. The van der Waals surface area contributed by atoms with E-state index < -0.39 is 0 Å². The van der Waals surface area contributed by atoms with Crippen molar-refractivity contribution in [2.75, 3.05) is 18.0 Å². The van der Waals surface area contributed by atoms with E-state index >= 15 is 0 Å². The van der Waals surface area contributed by atoms with Crippen LogP contribution < -0.4 is 10.2 Å². The number of anilines is 1. The standard InChI is InChI=1S/C24H25FN4O/c1-17-14-22(18-8-3-2-4-9-18)28-24(27-17)29-13-7-11-20(16-29)23(30)26-15-19-10-5-6-12-21(19)25/h2-6,8-10,12,14,20H,7,11,13,15-16H2,1H3,(H,26,30). The number of piperidine rings is 1. The number of hydrogen-bond donors (Lipinski definition) is 1. The second-order valence-electron chi connectivity index (χ2n) is 7.65. The molecule has 1 amide bonds. The third kappa shape index (κ3) is 4.64. The zero-order valence-electron chi connectivity index (χ0n) is 17.0. The molecule has 154 valence electrons. The topological polar surface area (TPSA) is 58.1 Å². The number of aryl methyl sites for hydroxylation is 1. The van der Waals surface area contributed by atoms with Crippen molar-refractivity contribution in [3.8, 4) is 11.3 Å². The molecule has 1 N–H and O–H groups in total. The zero-order chi connectivity index (χ0) is 20.9. The summed E-state index contributed by atoms with van der Waals surface area (Å²) in [4.78, 5) is 24.2. The lowest BCUT2D eigenvalue weighted by atomic mass is 9.97. The highest BCUT2D eigenvalue weighted by atomic mass is 19.1. The van der Waals surface area contributed by atoms with E-state index in [-0.39, 0.29) is 24.2 Å². The number of hydrogen-bond acceptors (Lipinski definition) is 4. The monoisotopic (exact) mass is 404 g/mol. The summed E-state index contributed by atoms with van der Waals surface area (Å²) >= 11 is 0. The summed E-state index contributed by atoms with van der Waals surface area (Å²) in [7, 11) is 0. The van der Waals surface area contributed by atoms with E-state index in [1.54, 1.807) is 18.2 Å². The Hall–Kier alpha value is -3.28. The molecule has 0 bridgehead atoms. The Balaban J connectivity index is 1.45. The lowest BCUT2D eigenvalue weighted by Crippen LogP contribution is -2.43. The van der Waals surface area contributed by atoms with Gasteiger partial charge in [0.25, 0.3) is 0 Å². The van der Waals surface area contributed by atoms with E-state index in [4.69, 9.17) is 4.98 Å². The van der Waals surface area contributed by atoms with Crippen LogP contribution in [0.1, 0.15) is 24.1 Å². The summed E-state index contributed by atoms with van der Waals surface area (Å²) in [6, 6.07) is 18.5. The highest BCUT2D eigenvalue weighted by molar-refractivity contribution is 5.79. The molecule has 2 heterocycles. The van der Waals surface area contributed by atoms with Crippen molar-refractivity contribution in [3.05, 3.63) is 77.7 Å². The lowest BCUT2D eigenvalue weighted by Gasteiger charge is -2.32. The van der Waals surface area contributed by atoms with Gasteiger partial charge in [0.15, 0.2) is 0 Å². The SMILES string of the molecule is Cc1cc(-c2ccccc2)nc(N2CCCC(C(=O)NCc3ccccc3F)C2)n1. The predicted octanol–water partition coefficient (Wildman–Crippen LogP) is 4.12. The second kappa shape index (κ2) is 9.03. The smallest absolute Gasteiger partial charge is 0.226 e. The van der Waals surface area contributed by atoms with Crippen molar-refractivity contribution in [2.24, 2.45) is 5.92 Å². The summed E-state index contributed by atoms with van der Waals surface area (Å²) in [5, 5.41) is 2.88. The minimum Gasteiger partial charge on any atom is -0.352 e. The van der Waals surface area contributed by atoms with Gasteiger partial charge in [-0.25, -0.2) is 14.4 Å². The van der Waals surface area contributed by atoms with Crippen LogP contribution in [0.2, 0.25) is 0 Å². The molecule has 4 rings (SSSR count). The van der Waals surface area contributed by atoms with Gasteiger partial charge in [0, 0.05) is 36.5 Å². The number of aromatic nitrogens is 2. The summed E-state index contributed by atoms with van der Waals surface area (Å²) in [6.07, 6.45) is 1.69. The Morgan fingerprint density at radius 1 is 1.13 bits per heavy atom. The molecule has 1 unspecified atom stereocenters. The number of benzene rings is 2. The first kappa shape index (κ1) is 20.0. The van der Waals surface area contributed by atoms with Crippen molar-refractivity contribution in [1.82, 2.24) is 15.3 Å². The molecule has 30 heavy (non-hydrogen) atoms. The van der Waals surface area contributed by atoms with Crippen molar-refractivity contribution < 1.29 is 9.18 Å². The number of carbonyl (C=O) groups excluding carboxylic acids is 1. The number of rotatable bonds is 5. The first-order chi connectivity index (χ1) is 14.6. The molecule has 0 saturated carbocycles. The van der Waals surface area contributed by atoms with Crippen LogP contribution in [0.4, 0.5) is 10.3 Å². The molecule has 1 fully saturated rings.